The Kier molecular flexibility index (Phi) is 8.31. The summed E-state index contributed by atoms with van der Waals surface area (Å²) < 4.78 is 7.27. The SMILES string of the molecule is C=CCn1c(SCC(=O)Nc2sc3c(c2C(=O)OCC)CCCCC3)nnc1C(C)C. The number of esters is 1. The molecule has 2 heterocycles. The molecule has 0 saturated carbocycles. The predicted octanol–water partition coefficient (Wildman–Crippen LogP) is 4.83. The summed E-state index contributed by atoms with van der Waals surface area (Å²) in [4.78, 5) is 26.6. The standard InChI is InChI=1S/C22H30N4O3S2/c1-5-12-26-19(14(3)4)24-25-22(26)30-13-17(27)23-20-18(21(28)29-6-2)15-10-8-7-9-11-16(15)31-20/h5,14H,1,6-13H2,2-4H3,(H,23,27). The highest BCUT2D eigenvalue weighted by Gasteiger charge is 2.26. The first-order valence-electron chi connectivity index (χ1n) is 10.7. The van der Waals surface area contributed by atoms with E-state index >= 15 is 0 Å². The first-order valence-corrected chi connectivity index (χ1v) is 12.5. The van der Waals surface area contributed by atoms with E-state index < -0.39 is 0 Å². The first kappa shape index (κ1) is 23.5. The van der Waals surface area contributed by atoms with Crippen LogP contribution in [0.5, 0.6) is 0 Å². The molecule has 0 saturated heterocycles. The van der Waals surface area contributed by atoms with Gasteiger partial charge in [-0.15, -0.1) is 28.1 Å². The topological polar surface area (TPSA) is 86.1 Å². The monoisotopic (exact) mass is 462 g/mol. The van der Waals surface area contributed by atoms with Gasteiger partial charge < -0.3 is 14.6 Å². The van der Waals surface area contributed by atoms with Gasteiger partial charge in [-0.05, 0) is 38.2 Å². The number of thiophene rings is 1. The van der Waals surface area contributed by atoms with Crippen LogP contribution < -0.4 is 5.32 Å². The van der Waals surface area contributed by atoms with E-state index in [1.807, 2.05) is 4.57 Å². The van der Waals surface area contributed by atoms with Crippen molar-refractivity contribution in [3.05, 3.63) is 34.5 Å². The van der Waals surface area contributed by atoms with Crippen molar-refractivity contribution in [2.45, 2.75) is 70.5 Å². The number of ether oxygens (including phenoxy) is 1. The molecular weight excluding hydrogens is 432 g/mol. The minimum atomic E-state index is -0.350. The number of hydrogen-bond donors (Lipinski definition) is 1. The molecule has 2 aromatic heterocycles. The number of amides is 1. The highest BCUT2D eigenvalue weighted by atomic mass is 32.2. The molecule has 2 aromatic rings. The first-order chi connectivity index (χ1) is 15.0. The molecule has 1 amide bonds. The zero-order valence-electron chi connectivity index (χ0n) is 18.4. The van der Waals surface area contributed by atoms with Crippen molar-refractivity contribution in [2.24, 2.45) is 0 Å². The van der Waals surface area contributed by atoms with Gasteiger partial charge in [0.1, 0.15) is 10.8 Å². The molecule has 0 bridgehead atoms. The van der Waals surface area contributed by atoms with Gasteiger partial charge in [0, 0.05) is 17.3 Å². The summed E-state index contributed by atoms with van der Waals surface area (Å²) in [5.41, 5.74) is 1.59. The largest absolute Gasteiger partial charge is 0.462 e. The molecule has 0 radical (unpaired) electrons. The van der Waals surface area contributed by atoms with Crippen LogP contribution in [0.15, 0.2) is 17.8 Å². The van der Waals surface area contributed by atoms with Crippen LogP contribution >= 0.6 is 23.1 Å². The van der Waals surface area contributed by atoms with E-state index in [0.717, 1.165) is 43.5 Å². The maximum atomic E-state index is 12.8. The normalized spacial score (nSPS) is 13.5. The molecular formula is C22H30N4O3S2. The summed E-state index contributed by atoms with van der Waals surface area (Å²) in [6, 6.07) is 0. The third-order valence-electron chi connectivity index (χ3n) is 5.06. The van der Waals surface area contributed by atoms with Gasteiger partial charge in [-0.3, -0.25) is 4.79 Å². The van der Waals surface area contributed by atoms with Crippen LogP contribution in [0.3, 0.4) is 0 Å². The Morgan fingerprint density at radius 2 is 2.06 bits per heavy atom. The summed E-state index contributed by atoms with van der Waals surface area (Å²) in [5, 5.41) is 12.8. The molecule has 0 fully saturated rings. The fourth-order valence-corrected chi connectivity index (χ4v) is 5.73. The van der Waals surface area contributed by atoms with Gasteiger partial charge in [-0.25, -0.2) is 4.79 Å². The number of carbonyl (C=O) groups is 2. The molecule has 1 aliphatic carbocycles. The predicted molar refractivity (Wildman–Crippen MR) is 125 cm³/mol. The quantitative estimate of drug-likeness (QED) is 0.249. The Hall–Kier alpha value is -2.13. The highest BCUT2D eigenvalue weighted by Crippen LogP contribution is 2.38. The molecule has 0 unspecified atom stereocenters. The average molecular weight is 463 g/mol. The molecule has 31 heavy (non-hydrogen) atoms. The zero-order chi connectivity index (χ0) is 22.4. The van der Waals surface area contributed by atoms with Crippen LogP contribution in [-0.2, 0) is 28.9 Å². The Labute approximate surface area is 191 Å². The van der Waals surface area contributed by atoms with Gasteiger partial charge in [-0.2, -0.15) is 0 Å². The van der Waals surface area contributed by atoms with Crippen molar-refractivity contribution in [1.82, 2.24) is 14.8 Å². The van der Waals surface area contributed by atoms with E-state index in [4.69, 9.17) is 4.74 Å². The van der Waals surface area contributed by atoms with Gasteiger partial charge in [0.15, 0.2) is 5.16 Å². The lowest BCUT2D eigenvalue weighted by Gasteiger charge is -2.10. The second-order valence-electron chi connectivity index (χ2n) is 7.72. The number of thioether (sulfide) groups is 1. The summed E-state index contributed by atoms with van der Waals surface area (Å²) in [6.45, 7) is 10.6. The van der Waals surface area contributed by atoms with E-state index in [-0.39, 0.29) is 23.5 Å². The van der Waals surface area contributed by atoms with Gasteiger partial charge in [-0.1, -0.05) is 38.1 Å². The second-order valence-corrected chi connectivity index (χ2v) is 9.77. The molecule has 0 aromatic carbocycles. The smallest absolute Gasteiger partial charge is 0.341 e. The lowest BCUT2D eigenvalue weighted by Crippen LogP contribution is -2.17. The van der Waals surface area contributed by atoms with Gasteiger partial charge in [0.25, 0.3) is 0 Å². The van der Waals surface area contributed by atoms with Gasteiger partial charge in [0.2, 0.25) is 5.91 Å². The number of aromatic nitrogens is 3. The maximum absolute atomic E-state index is 12.8. The number of allylic oxidation sites excluding steroid dienone is 1. The number of nitrogens with one attached hydrogen (secondary N) is 1. The van der Waals surface area contributed by atoms with Crippen molar-refractivity contribution in [1.29, 1.82) is 0 Å². The number of fused-ring (bicyclic) bond motifs is 1. The maximum Gasteiger partial charge on any atom is 0.341 e. The minimum absolute atomic E-state index is 0.175. The minimum Gasteiger partial charge on any atom is -0.462 e. The molecule has 0 spiro atoms. The molecule has 0 atom stereocenters. The number of rotatable bonds is 9. The van der Waals surface area contributed by atoms with Crippen LogP contribution in [0.4, 0.5) is 5.00 Å². The third-order valence-corrected chi connectivity index (χ3v) is 7.23. The second kappa shape index (κ2) is 10.9. The summed E-state index contributed by atoms with van der Waals surface area (Å²) in [6.07, 6.45) is 6.91. The van der Waals surface area contributed by atoms with Gasteiger partial charge >= 0.3 is 5.97 Å². The molecule has 168 valence electrons. The summed E-state index contributed by atoms with van der Waals surface area (Å²) in [5.74, 6) is 0.750. The molecule has 1 N–H and O–H groups in total. The van der Waals surface area contributed by atoms with Crippen LogP contribution in [0.1, 0.15) is 72.6 Å². The van der Waals surface area contributed by atoms with E-state index in [9.17, 15) is 9.59 Å². The van der Waals surface area contributed by atoms with Crippen molar-refractivity contribution >= 4 is 40.0 Å². The van der Waals surface area contributed by atoms with Crippen LogP contribution in [0.25, 0.3) is 0 Å². The Bertz CT molecular complexity index is 949. The fourth-order valence-electron chi connectivity index (χ4n) is 3.68. The molecule has 0 aliphatic heterocycles. The van der Waals surface area contributed by atoms with E-state index in [2.05, 4.69) is 35.9 Å². The van der Waals surface area contributed by atoms with Crippen molar-refractivity contribution in [2.75, 3.05) is 17.7 Å². The lowest BCUT2D eigenvalue weighted by molar-refractivity contribution is -0.113. The Balaban J connectivity index is 1.75. The fraction of sp³-hybridized carbons (Fsp3) is 0.545. The number of nitrogens with zero attached hydrogens (tertiary/aromatic N) is 3. The zero-order valence-corrected chi connectivity index (χ0v) is 20.0. The molecule has 3 rings (SSSR count). The van der Waals surface area contributed by atoms with Crippen molar-refractivity contribution < 1.29 is 14.3 Å². The van der Waals surface area contributed by atoms with Crippen molar-refractivity contribution in [3.63, 3.8) is 0 Å². The molecule has 7 nitrogen and oxygen atoms in total. The molecule has 9 heteroatoms. The highest BCUT2D eigenvalue weighted by molar-refractivity contribution is 7.99. The van der Waals surface area contributed by atoms with E-state index in [1.165, 1.54) is 28.0 Å². The summed E-state index contributed by atoms with van der Waals surface area (Å²) >= 11 is 2.84. The van der Waals surface area contributed by atoms with Crippen LogP contribution in [0, 0.1) is 0 Å². The Morgan fingerprint density at radius 1 is 1.29 bits per heavy atom. The number of carbonyl (C=O) groups excluding carboxylic acids is 2. The third kappa shape index (κ3) is 5.57. The Morgan fingerprint density at radius 3 is 2.77 bits per heavy atom. The number of hydrogen-bond acceptors (Lipinski definition) is 7. The van der Waals surface area contributed by atoms with Crippen LogP contribution in [-0.4, -0.2) is 39.0 Å². The summed E-state index contributed by atoms with van der Waals surface area (Å²) in [7, 11) is 0. The van der Waals surface area contributed by atoms with Gasteiger partial charge in [0.05, 0.1) is 17.9 Å². The average Bonchev–Trinajstić information content (AvgIpc) is 3.20. The van der Waals surface area contributed by atoms with E-state index in [0.29, 0.717) is 28.9 Å². The van der Waals surface area contributed by atoms with Crippen LogP contribution in [0.2, 0.25) is 0 Å². The lowest BCUT2D eigenvalue weighted by atomic mass is 10.1. The number of anilines is 1. The number of aryl methyl sites for hydroxylation is 1. The van der Waals surface area contributed by atoms with Crippen molar-refractivity contribution in [3.8, 4) is 0 Å². The molecule has 1 aliphatic rings. The van der Waals surface area contributed by atoms with E-state index in [1.54, 1.807) is 13.0 Å².